The zero-order chi connectivity index (χ0) is 9.56. The lowest BCUT2D eigenvalue weighted by Crippen LogP contribution is -2.36. The zero-order valence-corrected chi connectivity index (χ0v) is 5.97. The van der Waals surface area contributed by atoms with E-state index in [1.54, 1.807) is 0 Å². The van der Waals surface area contributed by atoms with Crippen LogP contribution in [0.1, 0.15) is 6.42 Å². The van der Waals surface area contributed by atoms with Crippen LogP contribution in [0.3, 0.4) is 0 Å². The molecule has 0 aromatic heterocycles. The Balaban J connectivity index is 4.13. The van der Waals surface area contributed by atoms with Crippen molar-refractivity contribution in [3.05, 3.63) is 10.4 Å². The second-order valence-electron chi connectivity index (χ2n) is 1.88. The highest BCUT2D eigenvalue weighted by Crippen LogP contribution is 1.90. The molecule has 0 spiro atoms. The Labute approximate surface area is 66.9 Å². The molecular formula is C4H7N5O3. The predicted molar refractivity (Wildman–Crippen MR) is 37.5 cm³/mol. The molecule has 8 heteroatoms. The summed E-state index contributed by atoms with van der Waals surface area (Å²) in [6.45, 7) is 0. The Hall–Kier alpha value is -1.95. The molecular weight excluding hydrogens is 166 g/mol. The second-order valence-corrected chi connectivity index (χ2v) is 1.88. The quantitative estimate of drug-likeness (QED) is 0.215. The minimum absolute atomic E-state index is 0.422. The van der Waals surface area contributed by atoms with Crippen LogP contribution in [-0.4, -0.2) is 23.0 Å². The summed E-state index contributed by atoms with van der Waals surface area (Å²) in [6, 6.07) is -1.27. The number of nitrogens with two attached hydrogens (primary N) is 1. The molecule has 66 valence electrons. The molecule has 0 radical (unpaired) electrons. The summed E-state index contributed by atoms with van der Waals surface area (Å²) >= 11 is 0. The number of hydrogen-bond acceptors (Lipinski definition) is 3. The van der Waals surface area contributed by atoms with Gasteiger partial charge in [-0.3, -0.25) is 4.79 Å². The van der Waals surface area contributed by atoms with E-state index in [0.29, 0.717) is 0 Å². The molecule has 0 aliphatic heterocycles. The zero-order valence-electron chi connectivity index (χ0n) is 5.97. The van der Waals surface area contributed by atoms with Crippen LogP contribution in [0.4, 0.5) is 0 Å². The summed E-state index contributed by atoms with van der Waals surface area (Å²) in [5.74, 6) is -2.09. The molecule has 0 fully saturated rings. The van der Waals surface area contributed by atoms with Crippen LogP contribution < -0.4 is 11.2 Å². The first kappa shape index (κ1) is 10.0. The molecule has 4 N–H and O–H groups in total. The Bertz CT molecular complexity index is 229. The number of azide groups is 1. The van der Waals surface area contributed by atoms with Gasteiger partial charge in [0.25, 0.3) is 0 Å². The fraction of sp³-hybridized carbons (Fsp3) is 0.500. The van der Waals surface area contributed by atoms with Crippen molar-refractivity contribution in [2.75, 3.05) is 0 Å². The van der Waals surface area contributed by atoms with E-state index in [2.05, 4.69) is 10.1 Å². The number of hydrogen-bond donors (Lipinski definition) is 3. The molecule has 1 atom stereocenters. The van der Waals surface area contributed by atoms with E-state index in [0.717, 1.165) is 0 Å². The van der Waals surface area contributed by atoms with Crippen molar-refractivity contribution in [2.24, 2.45) is 11.0 Å². The highest BCUT2D eigenvalue weighted by molar-refractivity contribution is 5.83. The lowest BCUT2D eigenvalue weighted by Gasteiger charge is -2.03. The average Bonchev–Trinajstić information content (AvgIpc) is 1.96. The summed E-state index contributed by atoms with van der Waals surface area (Å²) in [5, 5.41) is 11.2. The van der Waals surface area contributed by atoms with Gasteiger partial charge in [-0.1, -0.05) is 0 Å². The van der Waals surface area contributed by atoms with Crippen LogP contribution in [0, 0.1) is 0 Å². The SMILES string of the molecule is [N-]=[N+]=NNC(CC(N)=O)C(=O)O. The smallest absolute Gasteiger partial charge is 0.349 e. The average molecular weight is 173 g/mol. The molecule has 0 saturated heterocycles. The van der Waals surface area contributed by atoms with Crippen molar-refractivity contribution in [3.8, 4) is 0 Å². The number of carbonyl (C=O) groups excluding carboxylic acids is 1. The van der Waals surface area contributed by atoms with Gasteiger partial charge >= 0.3 is 5.97 Å². The minimum Gasteiger partial charge on any atom is -0.478 e. The van der Waals surface area contributed by atoms with Crippen LogP contribution >= 0.6 is 0 Å². The number of rotatable bonds is 5. The van der Waals surface area contributed by atoms with Crippen molar-refractivity contribution in [1.82, 2.24) is 5.43 Å². The predicted octanol–water partition coefficient (Wildman–Crippen LogP) is -0.870. The van der Waals surface area contributed by atoms with Crippen LogP contribution in [0.2, 0.25) is 0 Å². The fourth-order valence-electron chi connectivity index (χ4n) is 0.485. The first-order valence-electron chi connectivity index (χ1n) is 2.88. The van der Waals surface area contributed by atoms with E-state index in [1.165, 1.54) is 0 Å². The Morgan fingerprint density at radius 3 is 2.67 bits per heavy atom. The number of carbonyl (C=O) groups is 2. The van der Waals surface area contributed by atoms with Gasteiger partial charge in [-0.15, -0.1) is 5.53 Å². The number of nitrogens with zero attached hydrogens (tertiary/aromatic N) is 3. The topological polar surface area (TPSA) is 141 Å². The van der Waals surface area contributed by atoms with Crippen LogP contribution in [0.15, 0.2) is 5.22 Å². The van der Waals surface area contributed by atoms with E-state index in [4.69, 9.17) is 16.4 Å². The van der Waals surface area contributed by atoms with Gasteiger partial charge in [0.05, 0.1) is 6.42 Å². The Morgan fingerprint density at radius 2 is 2.33 bits per heavy atom. The highest BCUT2D eigenvalue weighted by atomic mass is 16.4. The number of carboxylic acids is 1. The van der Waals surface area contributed by atoms with Gasteiger partial charge in [0, 0.05) is 0 Å². The van der Waals surface area contributed by atoms with Gasteiger partial charge in [-0.2, -0.15) is 4.91 Å². The van der Waals surface area contributed by atoms with Gasteiger partial charge in [-0.05, 0) is 5.22 Å². The van der Waals surface area contributed by atoms with Crippen molar-refractivity contribution >= 4 is 11.9 Å². The Morgan fingerprint density at radius 1 is 1.75 bits per heavy atom. The third-order valence-corrected chi connectivity index (χ3v) is 0.962. The second kappa shape index (κ2) is 4.80. The number of carboxylic acid groups (broad SMARTS) is 1. The van der Waals surface area contributed by atoms with Gasteiger partial charge in [0.2, 0.25) is 11.9 Å². The minimum atomic E-state index is -1.30. The normalized spacial score (nSPS) is 11.0. The van der Waals surface area contributed by atoms with Gasteiger partial charge in [0.1, 0.15) is 0 Å². The number of amides is 1. The third-order valence-electron chi connectivity index (χ3n) is 0.962. The number of aliphatic carboxylic acids is 1. The first-order valence-corrected chi connectivity index (χ1v) is 2.88. The molecule has 0 aliphatic carbocycles. The fourth-order valence-corrected chi connectivity index (χ4v) is 0.485. The lowest BCUT2D eigenvalue weighted by atomic mass is 10.2. The molecule has 0 aromatic rings. The van der Waals surface area contributed by atoms with Gasteiger partial charge < -0.3 is 10.8 Å². The highest BCUT2D eigenvalue weighted by Gasteiger charge is 2.21. The molecule has 0 bridgehead atoms. The van der Waals surface area contributed by atoms with Gasteiger partial charge in [0.15, 0.2) is 0 Å². The maximum atomic E-state index is 10.3. The standard InChI is InChI=1S/C4H7N5O3/c5-3(10)1-2(4(11)12)7-9-8-6/h2,7H,1H2,(H2,5,10)(H,11,12). The van der Waals surface area contributed by atoms with Crippen molar-refractivity contribution < 1.29 is 14.7 Å². The Kier molecular flexibility index (Phi) is 4.02. The molecule has 0 rings (SSSR count). The number of primary amides is 1. The molecule has 0 aliphatic rings. The molecule has 1 unspecified atom stereocenters. The lowest BCUT2D eigenvalue weighted by molar-refractivity contribution is -0.141. The van der Waals surface area contributed by atoms with Gasteiger partial charge in [-0.25, -0.2) is 10.2 Å². The van der Waals surface area contributed by atoms with Crippen LogP contribution in [0.25, 0.3) is 10.4 Å². The summed E-state index contributed by atoms with van der Waals surface area (Å²) < 4.78 is 0. The van der Waals surface area contributed by atoms with E-state index in [-0.39, 0.29) is 0 Å². The molecule has 0 heterocycles. The molecule has 1 amide bonds. The van der Waals surface area contributed by atoms with E-state index < -0.39 is 24.3 Å². The maximum absolute atomic E-state index is 10.3. The molecule has 8 nitrogen and oxygen atoms in total. The summed E-state index contributed by atoms with van der Waals surface area (Å²) in [4.78, 5) is 22.8. The van der Waals surface area contributed by atoms with Crippen molar-refractivity contribution in [1.29, 1.82) is 0 Å². The molecule has 0 aromatic carbocycles. The van der Waals surface area contributed by atoms with E-state index in [1.807, 2.05) is 5.43 Å². The van der Waals surface area contributed by atoms with E-state index in [9.17, 15) is 9.59 Å². The third kappa shape index (κ3) is 3.96. The molecule has 0 saturated carbocycles. The monoisotopic (exact) mass is 173 g/mol. The van der Waals surface area contributed by atoms with Crippen LogP contribution in [0.5, 0.6) is 0 Å². The molecule has 12 heavy (non-hydrogen) atoms. The van der Waals surface area contributed by atoms with E-state index >= 15 is 0 Å². The van der Waals surface area contributed by atoms with Crippen molar-refractivity contribution in [3.63, 3.8) is 0 Å². The summed E-state index contributed by atoms with van der Waals surface area (Å²) in [6.07, 6.45) is -0.422. The maximum Gasteiger partial charge on any atom is 0.349 e. The largest absolute Gasteiger partial charge is 0.478 e. The summed E-state index contributed by atoms with van der Waals surface area (Å²) in [5.41, 5.74) is 14.5. The number of nitrogens with one attached hydrogen (secondary N) is 1. The summed E-state index contributed by atoms with van der Waals surface area (Å²) in [7, 11) is 0. The first-order chi connectivity index (χ1) is 5.57. The van der Waals surface area contributed by atoms with Crippen LogP contribution in [-0.2, 0) is 9.59 Å². The van der Waals surface area contributed by atoms with Crippen molar-refractivity contribution in [2.45, 2.75) is 12.5 Å².